The highest BCUT2D eigenvalue weighted by atomic mass is 35.5. The molecule has 3 rings (SSSR count). The topological polar surface area (TPSA) is 76.9 Å². The Bertz CT molecular complexity index is 904. The number of aromatic nitrogens is 3. The van der Waals surface area contributed by atoms with Crippen molar-refractivity contribution in [1.29, 1.82) is 0 Å². The lowest BCUT2D eigenvalue weighted by Gasteiger charge is -2.07. The number of benzene rings is 1. The molecule has 0 radical (unpaired) electrons. The molecule has 8 heteroatoms. The molecular weight excluding hydrogens is 324 g/mol. The molecule has 0 saturated carbocycles. The molecule has 6 nitrogen and oxygen atoms in total. The maximum atomic E-state index is 12.7. The Morgan fingerprint density at radius 1 is 1.14 bits per heavy atom. The van der Waals surface area contributed by atoms with Gasteiger partial charge in [0.15, 0.2) is 5.65 Å². The Morgan fingerprint density at radius 2 is 1.82 bits per heavy atom. The van der Waals surface area contributed by atoms with Crippen LogP contribution in [0.2, 0.25) is 0 Å². The van der Waals surface area contributed by atoms with E-state index in [1.54, 1.807) is 37.4 Å². The second-order valence-corrected chi connectivity index (χ2v) is 6.46. The van der Waals surface area contributed by atoms with Gasteiger partial charge in [0.25, 0.3) is 10.0 Å². The minimum atomic E-state index is -3.66. The molecule has 0 atom stereocenters. The maximum absolute atomic E-state index is 12.7. The number of nitrogens with one attached hydrogen (secondary N) is 1. The summed E-state index contributed by atoms with van der Waals surface area (Å²) in [6.07, 6.45) is 2.97. The number of fused-ring (bicyclic) bond motifs is 1. The summed E-state index contributed by atoms with van der Waals surface area (Å²) in [5, 5.41) is 2.87. The molecule has 1 aromatic carbocycles. The van der Waals surface area contributed by atoms with Gasteiger partial charge >= 0.3 is 0 Å². The van der Waals surface area contributed by atoms with E-state index in [0.717, 1.165) is 9.54 Å². The third-order valence-corrected chi connectivity index (χ3v) is 4.87. The second kappa shape index (κ2) is 5.94. The fourth-order valence-corrected chi connectivity index (χ4v) is 3.32. The molecule has 1 N–H and O–H groups in total. The second-order valence-electron chi connectivity index (χ2n) is 4.64. The molecule has 0 aliphatic heterocycles. The van der Waals surface area contributed by atoms with Gasteiger partial charge in [0.2, 0.25) is 0 Å². The number of nitrogens with zero attached hydrogens (tertiary/aromatic N) is 3. The highest BCUT2D eigenvalue weighted by Gasteiger charge is 2.20. The van der Waals surface area contributed by atoms with E-state index in [4.69, 9.17) is 0 Å². The van der Waals surface area contributed by atoms with E-state index in [1.807, 2.05) is 6.92 Å². The fourth-order valence-electron chi connectivity index (χ4n) is 2.03. The summed E-state index contributed by atoms with van der Waals surface area (Å²) >= 11 is 0. The summed E-state index contributed by atoms with van der Waals surface area (Å²) in [5.74, 6) is 0.591. The molecular formula is C14H15ClN4O2S. The van der Waals surface area contributed by atoms with Crippen molar-refractivity contribution in [2.24, 2.45) is 0 Å². The highest BCUT2D eigenvalue weighted by Crippen LogP contribution is 2.20. The fraction of sp³-hybridized carbons (Fsp3) is 0.143. The minimum Gasteiger partial charge on any atom is -0.372 e. The lowest BCUT2D eigenvalue weighted by atomic mass is 10.2. The Hall–Kier alpha value is -2.12. The van der Waals surface area contributed by atoms with Crippen LogP contribution in [0.15, 0.2) is 47.6 Å². The van der Waals surface area contributed by atoms with Crippen LogP contribution in [0.25, 0.3) is 11.2 Å². The number of hydrogen-bond acceptors (Lipinski definition) is 5. The molecule has 0 saturated heterocycles. The predicted molar refractivity (Wildman–Crippen MR) is 88.1 cm³/mol. The van der Waals surface area contributed by atoms with Crippen molar-refractivity contribution in [2.45, 2.75) is 11.8 Å². The molecule has 116 valence electrons. The average molecular weight is 339 g/mol. The van der Waals surface area contributed by atoms with Gasteiger partial charge < -0.3 is 5.32 Å². The normalized spacial score (nSPS) is 11.2. The van der Waals surface area contributed by atoms with Crippen LogP contribution in [0.3, 0.4) is 0 Å². The molecule has 2 heterocycles. The van der Waals surface area contributed by atoms with Crippen molar-refractivity contribution >= 4 is 39.4 Å². The van der Waals surface area contributed by atoms with Crippen LogP contribution >= 0.6 is 12.4 Å². The van der Waals surface area contributed by atoms with Crippen molar-refractivity contribution in [1.82, 2.24) is 13.9 Å². The summed E-state index contributed by atoms with van der Waals surface area (Å²) < 4.78 is 26.5. The Morgan fingerprint density at radius 3 is 2.45 bits per heavy atom. The molecule has 0 amide bonds. The zero-order valence-corrected chi connectivity index (χ0v) is 13.6. The van der Waals surface area contributed by atoms with Gasteiger partial charge in [-0.15, -0.1) is 12.4 Å². The van der Waals surface area contributed by atoms with E-state index in [0.29, 0.717) is 17.0 Å². The third kappa shape index (κ3) is 2.65. The molecule has 22 heavy (non-hydrogen) atoms. The minimum absolute atomic E-state index is 0. The van der Waals surface area contributed by atoms with Gasteiger partial charge in [0.05, 0.1) is 11.1 Å². The molecule has 0 spiro atoms. The number of hydrogen-bond donors (Lipinski definition) is 1. The van der Waals surface area contributed by atoms with Crippen LogP contribution in [0, 0.1) is 6.92 Å². The van der Waals surface area contributed by atoms with E-state index >= 15 is 0 Å². The molecule has 0 unspecified atom stereocenters. The van der Waals surface area contributed by atoms with Gasteiger partial charge in [-0.05, 0) is 25.1 Å². The van der Waals surface area contributed by atoms with E-state index < -0.39 is 10.0 Å². The monoisotopic (exact) mass is 338 g/mol. The zero-order valence-electron chi connectivity index (χ0n) is 12.0. The zero-order chi connectivity index (χ0) is 15.0. The Kier molecular flexibility index (Phi) is 4.39. The Balaban J connectivity index is 0.00000176. The van der Waals surface area contributed by atoms with E-state index in [1.165, 1.54) is 12.4 Å². The van der Waals surface area contributed by atoms with Gasteiger partial charge in [-0.1, -0.05) is 17.7 Å². The van der Waals surface area contributed by atoms with Gasteiger partial charge in [-0.2, -0.15) is 0 Å². The van der Waals surface area contributed by atoms with Gasteiger partial charge in [-0.3, -0.25) is 0 Å². The van der Waals surface area contributed by atoms with Crippen molar-refractivity contribution < 1.29 is 8.42 Å². The van der Waals surface area contributed by atoms with Crippen LogP contribution in [-0.4, -0.2) is 29.4 Å². The van der Waals surface area contributed by atoms with Gasteiger partial charge in [-0.25, -0.2) is 22.4 Å². The van der Waals surface area contributed by atoms with Crippen LogP contribution in [0.1, 0.15) is 5.56 Å². The van der Waals surface area contributed by atoms with E-state index in [9.17, 15) is 8.42 Å². The molecule has 0 aliphatic carbocycles. The lowest BCUT2D eigenvalue weighted by molar-refractivity contribution is 0.588. The largest absolute Gasteiger partial charge is 0.372 e. The number of anilines is 1. The van der Waals surface area contributed by atoms with Crippen molar-refractivity contribution in [3.05, 3.63) is 48.3 Å². The SMILES string of the molecule is CNc1cnc2c(ccn2S(=O)(=O)c2ccc(C)cc2)n1.Cl. The van der Waals surface area contributed by atoms with E-state index in [-0.39, 0.29) is 17.3 Å². The summed E-state index contributed by atoms with van der Waals surface area (Å²) in [5.41, 5.74) is 1.84. The van der Waals surface area contributed by atoms with Crippen LogP contribution in [0.4, 0.5) is 5.82 Å². The number of aryl methyl sites for hydroxylation is 1. The summed E-state index contributed by atoms with van der Waals surface area (Å²) in [6.45, 7) is 1.91. The first kappa shape index (κ1) is 16.3. The first-order chi connectivity index (χ1) is 10.0. The molecule has 3 aromatic rings. The average Bonchev–Trinajstić information content (AvgIpc) is 2.91. The molecule has 0 aliphatic rings. The Labute approximate surface area is 134 Å². The quantitative estimate of drug-likeness (QED) is 0.793. The predicted octanol–water partition coefficient (Wildman–Crippen LogP) is 2.44. The van der Waals surface area contributed by atoms with Crippen molar-refractivity contribution in [2.75, 3.05) is 12.4 Å². The number of rotatable bonds is 3. The highest BCUT2D eigenvalue weighted by molar-refractivity contribution is 7.90. The smallest absolute Gasteiger partial charge is 0.269 e. The van der Waals surface area contributed by atoms with Crippen molar-refractivity contribution in [3.63, 3.8) is 0 Å². The first-order valence-corrected chi connectivity index (χ1v) is 7.80. The van der Waals surface area contributed by atoms with Crippen molar-refractivity contribution in [3.8, 4) is 0 Å². The van der Waals surface area contributed by atoms with Crippen LogP contribution in [0.5, 0.6) is 0 Å². The summed E-state index contributed by atoms with van der Waals surface area (Å²) in [7, 11) is -1.93. The van der Waals surface area contributed by atoms with Crippen LogP contribution in [-0.2, 0) is 10.0 Å². The molecule has 0 bridgehead atoms. The summed E-state index contributed by atoms with van der Waals surface area (Å²) in [4.78, 5) is 8.68. The van der Waals surface area contributed by atoms with Gasteiger partial charge in [0.1, 0.15) is 11.3 Å². The summed E-state index contributed by atoms with van der Waals surface area (Å²) in [6, 6.07) is 8.35. The maximum Gasteiger partial charge on any atom is 0.269 e. The number of halogens is 1. The standard InChI is InChI=1S/C14H14N4O2S.ClH/c1-10-3-5-11(6-4-10)21(19,20)18-8-7-12-14(18)16-9-13(15-2)17-12;/h3-9H,1-2H3,(H,15,17);1H. The first-order valence-electron chi connectivity index (χ1n) is 6.36. The third-order valence-electron chi connectivity index (χ3n) is 3.19. The van der Waals surface area contributed by atoms with Gasteiger partial charge in [0, 0.05) is 13.2 Å². The van der Waals surface area contributed by atoms with Crippen LogP contribution < -0.4 is 5.32 Å². The van der Waals surface area contributed by atoms with E-state index in [2.05, 4.69) is 15.3 Å². The lowest BCUT2D eigenvalue weighted by Crippen LogP contribution is -2.12. The molecule has 0 fully saturated rings. The molecule has 2 aromatic heterocycles.